The average Bonchev–Trinajstić information content (AvgIpc) is 2.73. The number of rotatable bonds is 3. The number of aromatic nitrogens is 1. The van der Waals surface area contributed by atoms with E-state index >= 15 is 0 Å². The van der Waals surface area contributed by atoms with Crippen molar-refractivity contribution in [1.82, 2.24) is 4.98 Å². The lowest BCUT2D eigenvalue weighted by atomic mass is 10.3. The molecule has 2 N–H and O–H groups in total. The predicted molar refractivity (Wildman–Crippen MR) is 65.0 cm³/mol. The summed E-state index contributed by atoms with van der Waals surface area (Å²) in [5, 5.41) is 0. The van der Waals surface area contributed by atoms with E-state index in [0.29, 0.717) is 12.3 Å². The second kappa shape index (κ2) is 4.63. The van der Waals surface area contributed by atoms with Crippen molar-refractivity contribution in [2.75, 3.05) is 5.73 Å². The molecule has 15 heavy (non-hydrogen) atoms. The van der Waals surface area contributed by atoms with Gasteiger partial charge in [-0.15, -0.1) is 11.3 Å². The summed E-state index contributed by atoms with van der Waals surface area (Å²) in [4.78, 5) is 5.06. The normalized spacial score (nSPS) is 10.2. The summed E-state index contributed by atoms with van der Waals surface area (Å²) in [6, 6.07) is 5.56. The van der Waals surface area contributed by atoms with E-state index in [4.69, 9.17) is 10.5 Å². The van der Waals surface area contributed by atoms with Crippen molar-refractivity contribution in [3.8, 4) is 5.75 Å². The van der Waals surface area contributed by atoms with E-state index in [1.165, 1.54) is 0 Å². The van der Waals surface area contributed by atoms with E-state index < -0.39 is 0 Å². The van der Waals surface area contributed by atoms with Crippen molar-refractivity contribution in [2.45, 2.75) is 6.61 Å². The van der Waals surface area contributed by atoms with Crippen LogP contribution in [0, 0.1) is 0 Å². The first-order valence-electron chi connectivity index (χ1n) is 4.31. The Labute approximate surface area is 100 Å². The van der Waals surface area contributed by atoms with Gasteiger partial charge in [-0.1, -0.05) is 6.07 Å². The molecule has 1 aromatic carbocycles. The fraction of sp³-hybridized carbons (Fsp3) is 0.100. The summed E-state index contributed by atoms with van der Waals surface area (Å²) in [5.41, 5.74) is 8.20. The fourth-order valence-electron chi connectivity index (χ4n) is 1.10. The minimum absolute atomic E-state index is 0.521. The third kappa shape index (κ3) is 2.49. The van der Waals surface area contributed by atoms with Crippen LogP contribution in [0.3, 0.4) is 0 Å². The van der Waals surface area contributed by atoms with Gasteiger partial charge in [0.15, 0.2) is 0 Å². The van der Waals surface area contributed by atoms with Gasteiger partial charge in [0.2, 0.25) is 0 Å². The summed E-state index contributed by atoms with van der Waals surface area (Å²) in [5.74, 6) is 0.753. The lowest BCUT2D eigenvalue weighted by Gasteiger charge is -2.07. The summed E-state index contributed by atoms with van der Waals surface area (Å²) in [7, 11) is 0. The third-order valence-electron chi connectivity index (χ3n) is 1.85. The van der Waals surface area contributed by atoms with E-state index in [1.54, 1.807) is 23.0 Å². The molecule has 0 unspecified atom stereocenters. The number of anilines is 1. The first kappa shape index (κ1) is 10.4. The van der Waals surface area contributed by atoms with Crippen LogP contribution in [0.4, 0.5) is 5.69 Å². The van der Waals surface area contributed by atoms with Crippen molar-refractivity contribution in [1.29, 1.82) is 0 Å². The zero-order chi connectivity index (χ0) is 10.7. The maximum Gasteiger partial charge on any atom is 0.136 e. The van der Waals surface area contributed by atoms with E-state index in [9.17, 15) is 0 Å². The van der Waals surface area contributed by atoms with E-state index in [0.717, 1.165) is 15.1 Å². The highest BCUT2D eigenvalue weighted by molar-refractivity contribution is 9.10. The summed E-state index contributed by atoms with van der Waals surface area (Å²) in [6.45, 7) is 0.521. The number of benzene rings is 1. The summed E-state index contributed by atoms with van der Waals surface area (Å²) in [6.07, 6.45) is 1.80. The number of nitrogens with two attached hydrogens (primary N) is 1. The Morgan fingerprint density at radius 1 is 1.47 bits per heavy atom. The molecular weight excluding hydrogens is 276 g/mol. The standard InChI is InChI=1S/C10H9BrN2OS/c11-10-8(12)2-1-3-9(10)14-5-7-4-13-6-15-7/h1-4,6H,5,12H2. The maximum atomic E-state index is 5.73. The molecule has 0 saturated carbocycles. The highest BCUT2D eigenvalue weighted by Crippen LogP contribution is 2.30. The van der Waals surface area contributed by atoms with Crippen molar-refractivity contribution in [3.63, 3.8) is 0 Å². The lowest BCUT2D eigenvalue weighted by molar-refractivity contribution is 0.308. The topological polar surface area (TPSA) is 48.1 Å². The molecule has 0 radical (unpaired) electrons. The number of nitrogens with zero attached hydrogens (tertiary/aromatic N) is 1. The summed E-state index contributed by atoms with van der Waals surface area (Å²) >= 11 is 4.95. The molecule has 78 valence electrons. The molecule has 0 spiro atoms. The second-order valence-electron chi connectivity index (χ2n) is 2.92. The molecule has 2 rings (SSSR count). The maximum absolute atomic E-state index is 5.73. The molecule has 0 aliphatic heterocycles. The van der Waals surface area contributed by atoms with Gasteiger partial charge in [-0.3, -0.25) is 4.98 Å². The second-order valence-corrected chi connectivity index (χ2v) is 4.68. The van der Waals surface area contributed by atoms with Gasteiger partial charge in [0.05, 0.1) is 14.9 Å². The number of nitrogen functional groups attached to an aromatic ring is 1. The van der Waals surface area contributed by atoms with Crippen LogP contribution in [0.15, 0.2) is 34.4 Å². The van der Waals surface area contributed by atoms with Gasteiger partial charge in [-0.25, -0.2) is 0 Å². The molecule has 0 atom stereocenters. The zero-order valence-electron chi connectivity index (χ0n) is 7.81. The van der Waals surface area contributed by atoms with Gasteiger partial charge >= 0.3 is 0 Å². The van der Waals surface area contributed by atoms with Crippen molar-refractivity contribution in [3.05, 3.63) is 39.3 Å². The molecule has 0 aliphatic rings. The van der Waals surface area contributed by atoms with E-state index in [-0.39, 0.29) is 0 Å². The molecule has 0 bridgehead atoms. The SMILES string of the molecule is Nc1cccc(OCc2cncs2)c1Br. The first-order valence-corrected chi connectivity index (χ1v) is 5.99. The monoisotopic (exact) mass is 284 g/mol. The Kier molecular flexibility index (Phi) is 3.23. The minimum atomic E-state index is 0.521. The molecule has 0 saturated heterocycles. The van der Waals surface area contributed by atoms with Crippen molar-refractivity contribution < 1.29 is 4.74 Å². The molecule has 0 amide bonds. The Bertz CT molecular complexity index is 445. The van der Waals surface area contributed by atoms with Crippen LogP contribution in [-0.4, -0.2) is 4.98 Å². The van der Waals surface area contributed by atoms with Gasteiger partial charge < -0.3 is 10.5 Å². The van der Waals surface area contributed by atoms with Crippen LogP contribution in [0.2, 0.25) is 0 Å². The Hall–Kier alpha value is -1.07. The largest absolute Gasteiger partial charge is 0.487 e. The Morgan fingerprint density at radius 2 is 2.33 bits per heavy atom. The summed E-state index contributed by atoms with van der Waals surface area (Å²) < 4.78 is 6.41. The van der Waals surface area contributed by atoms with Gasteiger partial charge in [-0.05, 0) is 28.1 Å². The smallest absolute Gasteiger partial charge is 0.136 e. The van der Waals surface area contributed by atoms with Crippen LogP contribution >= 0.6 is 27.3 Å². The number of hydrogen-bond donors (Lipinski definition) is 1. The average molecular weight is 285 g/mol. The van der Waals surface area contributed by atoms with Crippen LogP contribution < -0.4 is 10.5 Å². The van der Waals surface area contributed by atoms with Crippen LogP contribution in [-0.2, 0) is 6.61 Å². The van der Waals surface area contributed by atoms with Gasteiger partial charge in [0, 0.05) is 11.9 Å². The van der Waals surface area contributed by atoms with Crippen molar-refractivity contribution >= 4 is 33.0 Å². The first-order chi connectivity index (χ1) is 7.27. The van der Waals surface area contributed by atoms with Crippen LogP contribution in [0.1, 0.15) is 4.88 Å². The lowest BCUT2D eigenvalue weighted by Crippen LogP contribution is -1.95. The highest BCUT2D eigenvalue weighted by atomic mass is 79.9. The molecule has 2 aromatic rings. The quantitative estimate of drug-likeness (QED) is 0.882. The zero-order valence-corrected chi connectivity index (χ0v) is 10.2. The fourth-order valence-corrected chi connectivity index (χ4v) is 1.99. The molecule has 0 fully saturated rings. The van der Waals surface area contributed by atoms with Gasteiger partial charge in [0.1, 0.15) is 12.4 Å². The predicted octanol–water partition coefficient (Wildman–Crippen LogP) is 3.07. The molecular formula is C10H9BrN2OS. The van der Waals surface area contributed by atoms with E-state index in [1.807, 2.05) is 18.2 Å². The minimum Gasteiger partial charge on any atom is -0.487 e. The van der Waals surface area contributed by atoms with Gasteiger partial charge in [-0.2, -0.15) is 0 Å². The van der Waals surface area contributed by atoms with Gasteiger partial charge in [0.25, 0.3) is 0 Å². The molecule has 1 heterocycles. The Morgan fingerprint density at radius 3 is 3.07 bits per heavy atom. The number of thiazole rings is 1. The van der Waals surface area contributed by atoms with Crippen LogP contribution in [0.5, 0.6) is 5.75 Å². The molecule has 0 aliphatic carbocycles. The molecule has 1 aromatic heterocycles. The van der Waals surface area contributed by atoms with Crippen LogP contribution in [0.25, 0.3) is 0 Å². The Balaban J connectivity index is 2.08. The molecule has 3 nitrogen and oxygen atoms in total. The number of hydrogen-bond acceptors (Lipinski definition) is 4. The molecule has 5 heteroatoms. The van der Waals surface area contributed by atoms with E-state index in [2.05, 4.69) is 20.9 Å². The number of ether oxygens (including phenoxy) is 1. The highest BCUT2D eigenvalue weighted by Gasteiger charge is 2.04. The third-order valence-corrected chi connectivity index (χ3v) is 3.45. The van der Waals surface area contributed by atoms with Crippen molar-refractivity contribution in [2.24, 2.45) is 0 Å². The number of halogens is 1.